The number of hydrogen-bond donors (Lipinski definition) is 0. The Bertz CT molecular complexity index is 450. The fourth-order valence-corrected chi connectivity index (χ4v) is 5.21. The fraction of sp³-hybridized carbons (Fsp3) is 0.263. The van der Waals surface area contributed by atoms with E-state index >= 15 is 0 Å². The Morgan fingerprint density at radius 3 is 1.80 bits per heavy atom. The highest BCUT2D eigenvalue weighted by Gasteiger charge is 2.15. The third kappa shape index (κ3) is 4.50. The Hall–Kier alpha value is -1.60. The zero-order valence-corrected chi connectivity index (χ0v) is 13.1. The van der Waals surface area contributed by atoms with Crippen molar-refractivity contribution in [3.8, 4) is 0 Å². The number of rotatable bonds is 8. The van der Waals surface area contributed by atoms with E-state index in [-0.39, 0.29) is 0 Å². The first-order valence-corrected chi connectivity index (χ1v) is 9.20. The first-order valence-electron chi connectivity index (χ1n) is 7.49. The van der Waals surface area contributed by atoms with Gasteiger partial charge < -0.3 is 0 Å². The van der Waals surface area contributed by atoms with Crippen LogP contribution in [0.3, 0.4) is 0 Å². The van der Waals surface area contributed by atoms with Crippen LogP contribution in [0.1, 0.15) is 25.7 Å². The Labute approximate surface area is 124 Å². The molecule has 0 aliphatic carbocycles. The summed E-state index contributed by atoms with van der Waals surface area (Å²) in [6, 6.07) is 23.4. The molecule has 2 aromatic carbocycles. The van der Waals surface area contributed by atoms with Crippen LogP contribution in [0.15, 0.2) is 73.3 Å². The van der Waals surface area contributed by atoms with Gasteiger partial charge in [0.1, 0.15) is 8.80 Å². The molecule has 0 atom stereocenters. The molecule has 2 aromatic rings. The highest BCUT2D eigenvalue weighted by molar-refractivity contribution is 6.85. The lowest BCUT2D eigenvalue weighted by molar-refractivity contribution is 0.727. The first-order chi connectivity index (χ1) is 9.92. The monoisotopic (exact) mass is 279 g/mol. The second kappa shape index (κ2) is 8.54. The van der Waals surface area contributed by atoms with Gasteiger partial charge in [0.2, 0.25) is 0 Å². The highest BCUT2D eigenvalue weighted by atomic mass is 28.3. The van der Waals surface area contributed by atoms with E-state index in [0.717, 1.165) is 6.42 Å². The lowest BCUT2D eigenvalue weighted by Crippen LogP contribution is -2.41. The molecule has 0 bridgehead atoms. The predicted octanol–water partition coefficient (Wildman–Crippen LogP) is 4.04. The SMILES string of the molecule is C=CCCCCC[Si](c1ccccc1)c1ccccc1. The standard InChI is InChI=1S/C19H23Si/c1-2-3-4-5-12-17-20(18-13-8-6-9-14-18)19-15-10-7-11-16-19/h2,6-11,13-16H,1,3-5,12,17H2. The molecule has 2 rings (SSSR count). The normalized spacial score (nSPS) is 10.7. The molecule has 0 unspecified atom stereocenters. The minimum Gasteiger partial charge on any atom is -0.103 e. The lowest BCUT2D eigenvalue weighted by Gasteiger charge is -2.15. The molecule has 1 heteroatoms. The smallest absolute Gasteiger partial charge is 0.103 e. The van der Waals surface area contributed by atoms with Crippen LogP contribution >= 0.6 is 0 Å². The van der Waals surface area contributed by atoms with Crippen molar-refractivity contribution in [2.45, 2.75) is 31.7 Å². The second-order valence-electron chi connectivity index (χ2n) is 5.10. The van der Waals surface area contributed by atoms with Crippen LogP contribution < -0.4 is 10.4 Å². The van der Waals surface area contributed by atoms with E-state index in [4.69, 9.17) is 0 Å². The van der Waals surface area contributed by atoms with Crippen LogP contribution in [0.4, 0.5) is 0 Å². The largest absolute Gasteiger partial charge is 0.121 e. The topological polar surface area (TPSA) is 0 Å². The maximum absolute atomic E-state index is 3.79. The van der Waals surface area contributed by atoms with Crippen LogP contribution in [-0.4, -0.2) is 8.80 Å². The Kier molecular flexibility index (Phi) is 6.32. The van der Waals surface area contributed by atoms with Crippen molar-refractivity contribution in [1.29, 1.82) is 0 Å². The van der Waals surface area contributed by atoms with E-state index in [2.05, 4.69) is 67.2 Å². The molecule has 103 valence electrons. The van der Waals surface area contributed by atoms with Gasteiger partial charge in [-0.3, -0.25) is 0 Å². The molecule has 0 saturated heterocycles. The maximum atomic E-state index is 3.79. The predicted molar refractivity (Wildman–Crippen MR) is 91.4 cm³/mol. The van der Waals surface area contributed by atoms with Crippen molar-refractivity contribution in [2.75, 3.05) is 0 Å². The van der Waals surface area contributed by atoms with Gasteiger partial charge in [0.15, 0.2) is 0 Å². The van der Waals surface area contributed by atoms with E-state index in [1.54, 1.807) is 0 Å². The van der Waals surface area contributed by atoms with Crippen LogP contribution in [0, 0.1) is 0 Å². The van der Waals surface area contributed by atoms with E-state index in [1.165, 1.54) is 35.7 Å². The number of hydrogen-bond acceptors (Lipinski definition) is 0. The van der Waals surface area contributed by atoms with Crippen molar-refractivity contribution in [2.24, 2.45) is 0 Å². The molecule has 0 N–H and O–H groups in total. The molecule has 0 saturated carbocycles. The third-order valence-electron chi connectivity index (χ3n) is 3.58. The summed E-state index contributed by atoms with van der Waals surface area (Å²) in [6.07, 6.45) is 7.10. The lowest BCUT2D eigenvalue weighted by atomic mass is 10.2. The van der Waals surface area contributed by atoms with Crippen molar-refractivity contribution in [3.05, 3.63) is 73.3 Å². The highest BCUT2D eigenvalue weighted by Crippen LogP contribution is 2.08. The molecule has 1 radical (unpaired) electrons. The van der Waals surface area contributed by atoms with Gasteiger partial charge >= 0.3 is 0 Å². The number of benzene rings is 2. The average Bonchev–Trinajstić information content (AvgIpc) is 2.53. The molecule has 0 aliphatic heterocycles. The minimum absolute atomic E-state index is 0.613. The summed E-state index contributed by atoms with van der Waals surface area (Å²) in [5, 5.41) is 3.07. The van der Waals surface area contributed by atoms with Crippen molar-refractivity contribution in [1.82, 2.24) is 0 Å². The maximum Gasteiger partial charge on any atom is 0.121 e. The molecular weight excluding hydrogens is 256 g/mol. The average molecular weight is 279 g/mol. The van der Waals surface area contributed by atoms with Gasteiger partial charge in [-0.15, -0.1) is 6.58 Å². The molecule has 0 amide bonds. The number of unbranched alkanes of at least 4 members (excludes halogenated alkanes) is 3. The third-order valence-corrected chi connectivity index (χ3v) is 6.49. The summed E-state index contributed by atoms with van der Waals surface area (Å²) < 4.78 is 0. The Morgan fingerprint density at radius 2 is 1.30 bits per heavy atom. The van der Waals surface area contributed by atoms with E-state index < -0.39 is 8.80 Å². The first kappa shape index (κ1) is 14.8. The zero-order chi connectivity index (χ0) is 14.0. The number of allylic oxidation sites excluding steroid dienone is 1. The van der Waals surface area contributed by atoms with Crippen LogP contribution in [0.2, 0.25) is 6.04 Å². The zero-order valence-electron chi connectivity index (χ0n) is 12.1. The van der Waals surface area contributed by atoms with Crippen LogP contribution in [0.5, 0.6) is 0 Å². The van der Waals surface area contributed by atoms with Crippen molar-refractivity contribution < 1.29 is 0 Å². The van der Waals surface area contributed by atoms with Crippen LogP contribution in [0.25, 0.3) is 0 Å². The van der Waals surface area contributed by atoms with Gasteiger partial charge in [0, 0.05) is 0 Å². The molecule has 0 fully saturated rings. The van der Waals surface area contributed by atoms with Gasteiger partial charge in [-0.25, -0.2) is 0 Å². The Morgan fingerprint density at radius 1 is 0.750 bits per heavy atom. The molecule has 0 nitrogen and oxygen atoms in total. The quantitative estimate of drug-likeness (QED) is 0.389. The van der Waals surface area contributed by atoms with Crippen molar-refractivity contribution in [3.63, 3.8) is 0 Å². The van der Waals surface area contributed by atoms with Gasteiger partial charge in [-0.2, -0.15) is 0 Å². The molecule has 0 aliphatic rings. The summed E-state index contributed by atoms with van der Waals surface area (Å²) in [7, 11) is -0.613. The van der Waals surface area contributed by atoms with Crippen LogP contribution in [-0.2, 0) is 0 Å². The summed E-state index contributed by atoms with van der Waals surface area (Å²) in [5.74, 6) is 0. The van der Waals surface area contributed by atoms with Gasteiger partial charge in [-0.05, 0) is 12.8 Å². The molecule has 0 spiro atoms. The van der Waals surface area contributed by atoms with E-state index in [1.807, 2.05) is 6.08 Å². The van der Waals surface area contributed by atoms with E-state index in [0.29, 0.717) is 0 Å². The fourth-order valence-electron chi connectivity index (χ4n) is 2.50. The second-order valence-corrected chi connectivity index (χ2v) is 7.71. The van der Waals surface area contributed by atoms with Gasteiger partial charge in [0.05, 0.1) is 0 Å². The minimum atomic E-state index is -0.613. The summed E-state index contributed by atoms with van der Waals surface area (Å²) >= 11 is 0. The van der Waals surface area contributed by atoms with Gasteiger partial charge in [0.25, 0.3) is 0 Å². The van der Waals surface area contributed by atoms with E-state index in [9.17, 15) is 0 Å². The summed E-state index contributed by atoms with van der Waals surface area (Å²) in [4.78, 5) is 0. The molecule has 0 aromatic heterocycles. The van der Waals surface area contributed by atoms with Gasteiger partial charge in [-0.1, -0.05) is 96.0 Å². The molecule has 0 heterocycles. The Balaban J connectivity index is 2.03. The summed E-state index contributed by atoms with van der Waals surface area (Å²) in [6.45, 7) is 3.79. The summed E-state index contributed by atoms with van der Waals surface area (Å²) in [5.41, 5.74) is 0. The molecule has 20 heavy (non-hydrogen) atoms. The van der Waals surface area contributed by atoms with Crippen molar-refractivity contribution >= 4 is 19.2 Å². The molecular formula is C19H23Si.